The van der Waals surface area contributed by atoms with E-state index in [1.165, 1.54) is 0 Å². The zero-order valence-corrected chi connectivity index (χ0v) is 20.3. The first-order valence-electron chi connectivity index (χ1n) is 11.7. The SMILES string of the molecule is CC(C)(C)OC(=O)C(Cc1ccc(-c2ccccn2)nc1)N=C(c1ccccc1)c1ccccc1. The molecule has 35 heavy (non-hydrogen) atoms. The van der Waals surface area contributed by atoms with Gasteiger partial charge in [-0.2, -0.15) is 0 Å². The number of hydrogen-bond acceptors (Lipinski definition) is 5. The van der Waals surface area contributed by atoms with E-state index >= 15 is 0 Å². The highest BCUT2D eigenvalue weighted by Crippen LogP contribution is 2.19. The van der Waals surface area contributed by atoms with Crippen LogP contribution >= 0.6 is 0 Å². The molecule has 176 valence electrons. The Morgan fingerprint density at radius 1 is 0.800 bits per heavy atom. The largest absolute Gasteiger partial charge is 0.458 e. The average molecular weight is 464 g/mol. The van der Waals surface area contributed by atoms with Gasteiger partial charge in [0.25, 0.3) is 0 Å². The van der Waals surface area contributed by atoms with Gasteiger partial charge in [-0.05, 0) is 44.5 Å². The third-order valence-corrected chi connectivity index (χ3v) is 5.24. The Kier molecular flexibility index (Phi) is 7.46. The minimum absolute atomic E-state index is 0.365. The summed E-state index contributed by atoms with van der Waals surface area (Å²) in [5.74, 6) is -0.365. The maximum Gasteiger partial charge on any atom is 0.331 e. The van der Waals surface area contributed by atoms with E-state index < -0.39 is 11.6 Å². The van der Waals surface area contributed by atoms with E-state index in [-0.39, 0.29) is 5.97 Å². The highest BCUT2D eigenvalue weighted by molar-refractivity contribution is 6.13. The van der Waals surface area contributed by atoms with Crippen molar-refractivity contribution >= 4 is 11.7 Å². The van der Waals surface area contributed by atoms with E-state index in [1.54, 1.807) is 12.4 Å². The fourth-order valence-electron chi connectivity index (χ4n) is 3.65. The average Bonchev–Trinajstić information content (AvgIpc) is 2.87. The van der Waals surface area contributed by atoms with Crippen molar-refractivity contribution in [1.82, 2.24) is 9.97 Å². The topological polar surface area (TPSA) is 64.4 Å². The second kappa shape index (κ2) is 10.9. The molecule has 0 aliphatic rings. The number of benzene rings is 2. The molecule has 0 fully saturated rings. The minimum atomic E-state index is -0.730. The molecule has 0 saturated carbocycles. The van der Waals surface area contributed by atoms with Crippen molar-refractivity contribution in [2.75, 3.05) is 0 Å². The van der Waals surface area contributed by atoms with Crippen molar-refractivity contribution in [3.63, 3.8) is 0 Å². The quantitative estimate of drug-likeness (QED) is 0.252. The van der Waals surface area contributed by atoms with Crippen LogP contribution in [0.1, 0.15) is 37.5 Å². The first kappa shape index (κ1) is 24.0. The first-order valence-corrected chi connectivity index (χ1v) is 11.7. The van der Waals surface area contributed by atoms with Crippen molar-refractivity contribution in [3.8, 4) is 11.4 Å². The minimum Gasteiger partial charge on any atom is -0.458 e. The van der Waals surface area contributed by atoms with Crippen LogP contribution in [0, 0.1) is 0 Å². The molecule has 5 heteroatoms. The number of hydrogen-bond donors (Lipinski definition) is 0. The lowest BCUT2D eigenvalue weighted by Crippen LogP contribution is -2.33. The molecule has 2 aromatic heterocycles. The Bertz CT molecular complexity index is 1220. The Hall–Kier alpha value is -4.12. The number of rotatable bonds is 7. The van der Waals surface area contributed by atoms with Gasteiger partial charge in [0.15, 0.2) is 6.04 Å². The predicted molar refractivity (Wildman–Crippen MR) is 139 cm³/mol. The van der Waals surface area contributed by atoms with E-state index in [9.17, 15) is 4.79 Å². The monoisotopic (exact) mass is 463 g/mol. The summed E-state index contributed by atoms with van der Waals surface area (Å²) < 4.78 is 5.76. The first-order chi connectivity index (χ1) is 16.9. The smallest absolute Gasteiger partial charge is 0.331 e. The molecule has 0 saturated heterocycles. The van der Waals surface area contributed by atoms with Crippen LogP contribution in [-0.4, -0.2) is 33.3 Å². The summed E-state index contributed by atoms with van der Waals surface area (Å²) in [6.45, 7) is 5.60. The summed E-state index contributed by atoms with van der Waals surface area (Å²) in [4.78, 5) is 27.2. The summed E-state index contributed by atoms with van der Waals surface area (Å²) in [6, 6.07) is 28.7. The molecule has 1 atom stereocenters. The van der Waals surface area contributed by atoms with Gasteiger partial charge in [0.1, 0.15) is 5.60 Å². The van der Waals surface area contributed by atoms with E-state index in [0.717, 1.165) is 33.8 Å². The molecule has 0 N–H and O–H groups in total. The predicted octanol–water partition coefficient (Wildman–Crippen LogP) is 5.93. The normalized spacial score (nSPS) is 12.0. The van der Waals surface area contributed by atoms with Crippen LogP contribution in [0.3, 0.4) is 0 Å². The lowest BCUT2D eigenvalue weighted by molar-refractivity contribution is -0.156. The fourth-order valence-corrected chi connectivity index (χ4v) is 3.65. The lowest BCUT2D eigenvalue weighted by Gasteiger charge is -2.23. The maximum atomic E-state index is 13.3. The van der Waals surface area contributed by atoms with Crippen LogP contribution in [0.25, 0.3) is 11.4 Å². The van der Waals surface area contributed by atoms with Crippen molar-refractivity contribution in [1.29, 1.82) is 0 Å². The Balaban J connectivity index is 1.70. The zero-order chi connectivity index (χ0) is 24.7. The van der Waals surface area contributed by atoms with Crippen molar-refractivity contribution in [2.24, 2.45) is 4.99 Å². The molecule has 0 radical (unpaired) electrons. The second-order valence-electron chi connectivity index (χ2n) is 9.23. The fraction of sp³-hybridized carbons (Fsp3) is 0.200. The molecular formula is C30H29N3O2. The summed E-state index contributed by atoms with van der Waals surface area (Å²) in [5.41, 5.74) is 4.49. The van der Waals surface area contributed by atoms with Gasteiger partial charge in [0, 0.05) is 29.9 Å². The zero-order valence-electron chi connectivity index (χ0n) is 20.3. The number of aliphatic imine (C=N–C) groups is 1. The van der Waals surface area contributed by atoms with Crippen molar-refractivity contribution < 1.29 is 9.53 Å². The molecule has 4 rings (SSSR count). The Labute approximate surface area is 206 Å². The molecular weight excluding hydrogens is 434 g/mol. The Morgan fingerprint density at radius 3 is 1.91 bits per heavy atom. The summed E-state index contributed by atoms with van der Waals surface area (Å²) in [6.07, 6.45) is 3.89. The molecule has 1 unspecified atom stereocenters. The van der Waals surface area contributed by atoms with Crippen LogP contribution < -0.4 is 0 Å². The van der Waals surface area contributed by atoms with Gasteiger partial charge in [-0.3, -0.25) is 15.0 Å². The summed E-state index contributed by atoms with van der Waals surface area (Å²) in [7, 11) is 0. The molecule has 0 amide bonds. The van der Waals surface area contributed by atoms with Gasteiger partial charge in [0.05, 0.1) is 17.1 Å². The van der Waals surface area contributed by atoms with Gasteiger partial charge in [-0.1, -0.05) is 72.8 Å². The molecule has 2 heterocycles. The summed E-state index contributed by atoms with van der Waals surface area (Å²) >= 11 is 0. The van der Waals surface area contributed by atoms with Crippen LogP contribution in [0.4, 0.5) is 0 Å². The molecule has 0 bridgehead atoms. The molecule has 4 aromatic rings. The number of carbonyl (C=O) groups excluding carboxylic acids is 1. The van der Waals surface area contributed by atoms with Gasteiger partial charge < -0.3 is 4.74 Å². The van der Waals surface area contributed by atoms with Gasteiger partial charge >= 0.3 is 5.97 Å². The van der Waals surface area contributed by atoms with Gasteiger partial charge in [-0.15, -0.1) is 0 Å². The van der Waals surface area contributed by atoms with Crippen LogP contribution in [0.5, 0.6) is 0 Å². The van der Waals surface area contributed by atoms with Crippen LogP contribution in [0.2, 0.25) is 0 Å². The third kappa shape index (κ3) is 6.70. The number of aromatic nitrogens is 2. The second-order valence-corrected chi connectivity index (χ2v) is 9.23. The maximum absolute atomic E-state index is 13.3. The number of ether oxygens (including phenoxy) is 1. The van der Waals surface area contributed by atoms with E-state index in [0.29, 0.717) is 6.42 Å². The molecule has 0 spiro atoms. The van der Waals surface area contributed by atoms with Gasteiger partial charge in [0.2, 0.25) is 0 Å². The number of pyridine rings is 2. The number of esters is 1. The molecule has 0 aliphatic carbocycles. The molecule has 0 aliphatic heterocycles. The van der Waals surface area contributed by atoms with Crippen molar-refractivity contribution in [3.05, 3.63) is 120 Å². The van der Waals surface area contributed by atoms with E-state index in [4.69, 9.17) is 9.73 Å². The van der Waals surface area contributed by atoms with Gasteiger partial charge in [-0.25, -0.2) is 4.79 Å². The Morgan fingerprint density at radius 2 is 1.40 bits per heavy atom. The lowest BCUT2D eigenvalue weighted by atomic mass is 10.0. The highest BCUT2D eigenvalue weighted by Gasteiger charge is 2.26. The number of nitrogens with zero attached hydrogens (tertiary/aromatic N) is 3. The standard InChI is InChI=1S/C30H29N3O2/c1-30(2,3)35-29(34)27(20-22-17-18-26(32-21-22)25-16-10-11-19-31-25)33-28(23-12-6-4-7-13-23)24-14-8-5-9-15-24/h4-19,21,27H,20H2,1-3H3. The van der Waals surface area contributed by atoms with Crippen LogP contribution in [-0.2, 0) is 16.0 Å². The molecule has 5 nitrogen and oxygen atoms in total. The van der Waals surface area contributed by atoms with E-state index in [1.807, 2.05) is 112 Å². The van der Waals surface area contributed by atoms with Crippen LogP contribution in [0.15, 0.2) is 108 Å². The third-order valence-electron chi connectivity index (χ3n) is 5.24. The van der Waals surface area contributed by atoms with E-state index in [2.05, 4.69) is 9.97 Å². The highest BCUT2D eigenvalue weighted by atomic mass is 16.6. The molecule has 2 aromatic carbocycles. The number of carbonyl (C=O) groups is 1. The summed E-state index contributed by atoms with van der Waals surface area (Å²) in [5, 5.41) is 0. The van der Waals surface area contributed by atoms with Crippen molar-refractivity contribution in [2.45, 2.75) is 38.8 Å².